The van der Waals surface area contributed by atoms with E-state index >= 15 is 0 Å². The first kappa shape index (κ1) is 11.5. The molecule has 0 amide bonds. The fourth-order valence-electron chi connectivity index (χ4n) is 2.07. The Balaban J connectivity index is 2.35. The number of nitrogens with one attached hydrogen (secondary N) is 1. The lowest BCUT2D eigenvalue weighted by atomic mass is 10.0. The minimum atomic E-state index is -0.338. The molecule has 1 N–H and O–H groups in total. The molecule has 1 atom stereocenters. The van der Waals surface area contributed by atoms with E-state index in [4.69, 9.17) is 0 Å². The predicted octanol–water partition coefficient (Wildman–Crippen LogP) is 1.85. The van der Waals surface area contributed by atoms with Crippen LogP contribution in [0.15, 0.2) is 12.1 Å². The summed E-state index contributed by atoms with van der Waals surface area (Å²) in [5, 5.41) is 3.19. The first-order valence-corrected chi connectivity index (χ1v) is 5.46. The second-order valence-corrected chi connectivity index (χ2v) is 4.32. The summed E-state index contributed by atoms with van der Waals surface area (Å²) in [5.41, 5.74) is 0.797. The van der Waals surface area contributed by atoms with Gasteiger partial charge < -0.3 is 5.32 Å². The molecule has 1 saturated heterocycles. The fourth-order valence-corrected chi connectivity index (χ4v) is 2.07. The normalized spacial score (nSPS) is 22.4. The summed E-state index contributed by atoms with van der Waals surface area (Å²) in [7, 11) is 1.93. The molecule has 1 heterocycles. The molecule has 0 aliphatic carbocycles. The van der Waals surface area contributed by atoms with E-state index in [9.17, 15) is 8.78 Å². The Labute approximate surface area is 94.3 Å². The van der Waals surface area contributed by atoms with E-state index in [1.165, 1.54) is 12.1 Å². The molecular weight excluding hydrogens is 210 g/mol. The predicted molar refractivity (Wildman–Crippen MR) is 59.3 cm³/mol. The van der Waals surface area contributed by atoms with Gasteiger partial charge in [-0.15, -0.1) is 0 Å². The highest BCUT2D eigenvalue weighted by Gasteiger charge is 2.24. The lowest BCUT2D eigenvalue weighted by molar-refractivity contribution is 0.197. The number of piperazine rings is 1. The largest absolute Gasteiger partial charge is 0.314 e. The van der Waals surface area contributed by atoms with Crippen LogP contribution in [0.2, 0.25) is 0 Å². The molecular formula is C12H16F2N2. The van der Waals surface area contributed by atoms with Crippen LogP contribution in [0.5, 0.6) is 0 Å². The van der Waals surface area contributed by atoms with Crippen molar-refractivity contribution in [2.75, 3.05) is 26.7 Å². The number of rotatable bonds is 1. The van der Waals surface area contributed by atoms with Crippen LogP contribution >= 0.6 is 0 Å². The third-order valence-electron chi connectivity index (χ3n) is 3.15. The van der Waals surface area contributed by atoms with Crippen LogP contribution in [0, 0.1) is 18.6 Å². The maximum atomic E-state index is 13.8. The summed E-state index contributed by atoms with van der Waals surface area (Å²) in [6.45, 7) is 3.98. The SMILES string of the molecule is Cc1cc(F)c(C2CNCCN2C)cc1F. The summed E-state index contributed by atoms with van der Waals surface area (Å²) in [5.74, 6) is -0.658. The molecule has 1 aliphatic rings. The molecule has 88 valence electrons. The van der Waals surface area contributed by atoms with Crippen molar-refractivity contribution in [3.63, 3.8) is 0 Å². The minimum absolute atomic E-state index is 0.0798. The number of hydrogen-bond donors (Lipinski definition) is 1. The topological polar surface area (TPSA) is 15.3 Å². The van der Waals surface area contributed by atoms with Gasteiger partial charge in [0.25, 0.3) is 0 Å². The maximum Gasteiger partial charge on any atom is 0.128 e. The fraction of sp³-hybridized carbons (Fsp3) is 0.500. The van der Waals surface area contributed by atoms with Crippen LogP contribution in [-0.4, -0.2) is 31.6 Å². The molecule has 0 aromatic heterocycles. The third kappa shape index (κ3) is 2.08. The van der Waals surface area contributed by atoms with E-state index in [2.05, 4.69) is 5.32 Å². The Morgan fingerprint density at radius 2 is 2.06 bits per heavy atom. The second kappa shape index (κ2) is 4.47. The summed E-state index contributed by atoms with van der Waals surface area (Å²) < 4.78 is 27.2. The molecule has 4 heteroatoms. The van der Waals surface area contributed by atoms with Gasteiger partial charge in [0, 0.05) is 31.2 Å². The Bertz CT molecular complexity index is 393. The van der Waals surface area contributed by atoms with E-state index in [-0.39, 0.29) is 17.7 Å². The first-order valence-electron chi connectivity index (χ1n) is 5.46. The Morgan fingerprint density at radius 3 is 2.75 bits per heavy atom. The molecule has 16 heavy (non-hydrogen) atoms. The molecule has 2 rings (SSSR count). The van der Waals surface area contributed by atoms with Crippen molar-refractivity contribution < 1.29 is 8.78 Å². The van der Waals surface area contributed by atoms with Crippen molar-refractivity contribution in [2.45, 2.75) is 13.0 Å². The van der Waals surface area contributed by atoms with Crippen LogP contribution in [0.1, 0.15) is 17.2 Å². The van der Waals surface area contributed by atoms with E-state index < -0.39 is 0 Å². The quantitative estimate of drug-likeness (QED) is 0.786. The van der Waals surface area contributed by atoms with Crippen LogP contribution < -0.4 is 5.32 Å². The summed E-state index contributed by atoms with van der Waals surface area (Å²) in [4.78, 5) is 2.05. The lowest BCUT2D eigenvalue weighted by Crippen LogP contribution is -2.44. The molecule has 1 aromatic carbocycles. The van der Waals surface area contributed by atoms with Gasteiger partial charge in [0.15, 0.2) is 0 Å². The average molecular weight is 226 g/mol. The van der Waals surface area contributed by atoms with Crippen LogP contribution in [0.3, 0.4) is 0 Å². The van der Waals surface area contributed by atoms with E-state index in [0.29, 0.717) is 17.7 Å². The molecule has 0 spiro atoms. The lowest BCUT2D eigenvalue weighted by Gasteiger charge is -2.33. The Kier molecular flexibility index (Phi) is 3.21. The maximum absolute atomic E-state index is 13.8. The minimum Gasteiger partial charge on any atom is -0.314 e. The molecule has 0 saturated carbocycles. The van der Waals surface area contributed by atoms with Gasteiger partial charge in [-0.2, -0.15) is 0 Å². The molecule has 1 aliphatic heterocycles. The van der Waals surface area contributed by atoms with Crippen LogP contribution in [0.4, 0.5) is 8.78 Å². The summed E-state index contributed by atoms with van der Waals surface area (Å²) in [6, 6.07) is 2.51. The van der Waals surface area contributed by atoms with Gasteiger partial charge in [-0.05, 0) is 31.7 Å². The number of halogens is 2. The van der Waals surface area contributed by atoms with E-state index in [1.807, 2.05) is 11.9 Å². The van der Waals surface area contributed by atoms with Crippen molar-refractivity contribution in [3.8, 4) is 0 Å². The van der Waals surface area contributed by atoms with Crippen molar-refractivity contribution >= 4 is 0 Å². The Morgan fingerprint density at radius 1 is 1.31 bits per heavy atom. The highest BCUT2D eigenvalue weighted by atomic mass is 19.1. The average Bonchev–Trinajstić information content (AvgIpc) is 2.25. The monoisotopic (exact) mass is 226 g/mol. The molecule has 0 radical (unpaired) electrons. The van der Waals surface area contributed by atoms with Crippen LogP contribution in [-0.2, 0) is 0 Å². The van der Waals surface area contributed by atoms with Crippen molar-refractivity contribution in [1.82, 2.24) is 10.2 Å². The number of likely N-dealkylation sites (N-methyl/N-ethyl adjacent to an activating group) is 1. The first-order chi connectivity index (χ1) is 7.59. The molecule has 1 unspecified atom stereocenters. The highest BCUT2D eigenvalue weighted by molar-refractivity contribution is 5.28. The number of aryl methyl sites for hydroxylation is 1. The second-order valence-electron chi connectivity index (χ2n) is 4.32. The smallest absolute Gasteiger partial charge is 0.128 e. The van der Waals surface area contributed by atoms with Crippen LogP contribution in [0.25, 0.3) is 0 Å². The van der Waals surface area contributed by atoms with Gasteiger partial charge >= 0.3 is 0 Å². The summed E-state index contributed by atoms with van der Waals surface area (Å²) in [6.07, 6.45) is 0. The standard InChI is InChI=1S/C12H16F2N2/c1-8-5-11(14)9(6-10(8)13)12-7-15-3-4-16(12)2/h5-6,12,15H,3-4,7H2,1-2H3. The van der Waals surface area contributed by atoms with E-state index in [1.54, 1.807) is 6.92 Å². The zero-order valence-corrected chi connectivity index (χ0v) is 9.56. The van der Waals surface area contributed by atoms with Crippen molar-refractivity contribution in [1.29, 1.82) is 0 Å². The zero-order valence-electron chi connectivity index (χ0n) is 9.56. The highest BCUT2D eigenvalue weighted by Crippen LogP contribution is 2.25. The zero-order chi connectivity index (χ0) is 11.7. The molecule has 2 nitrogen and oxygen atoms in total. The number of benzene rings is 1. The van der Waals surface area contributed by atoms with Gasteiger partial charge in [0.1, 0.15) is 11.6 Å². The van der Waals surface area contributed by atoms with Gasteiger partial charge in [-0.1, -0.05) is 0 Å². The molecule has 1 fully saturated rings. The molecule has 1 aromatic rings. The van der Waals surface area contributed by atoms with E-state index in [0.717, 1.165) is 13.1 Å². The van der Waals surface area contributed by atoms with Gasteiger partial charge in [-0.25, -0.2) is 8.78 Å². The van der Waals surface area contributed by atoms with Gasteiger partial charge in [0.2, 0.25) is 0 Å². The van der Waals surface area contributed by atoms with Crippen molar-refractivity contribution in [3.05, 3.63) is 34.9 Å². The van der Waals surface area contributed by atoms with Gasteiger partial charge in [0.05, 0.1) is 0 Å². The number of hydrogen-bond acceptors (Lipinski definition) is 2. The summed E-state index contributed by atoms with van der Waals surface area (Å²) >= 11 is 0. The number of nitrogens with zero attached hydrogens (tertiary/aromatic N) is 1. The van der Waals surface area contributed by atoms with Crippen molar-refractivity contribution in [2.24, 2.45) is 0 Å². The molecule has 0 bridgehead atoms. The third-order valence-corrected chi connectivity index (χ3v) is 3.15. The Hall–Kier alpha value is -1.00. The van der Waals surface area contributed by atoms with Gasteiger partial charge in [-0.3, -0.25) is 4.90 Å².